The van der Waals surface area contributed by atoms with Crippen molar-refractivity contribution in [3.63, 3.8) is 0 Å². The van der Waals surface area contributed by atoms with Gasteiger partial charge in [0, 0.05) is 12.7 Å². The number of nitrogens with zero attached hydrogens (tertiary/aromatic N) is 1. The first-order valence-electron chi connectivity index (χ1n) is 7.11. The van der Waals surface area contributed by atoms with Crippen LogP contribution in [-0.2, 0) is 4.74 Å². The number of carbonyl (C=O) groups is 2. The van der Waals surface area contributed by atoms with Gasteiger partial charge in [0.05, 0.1) is 18.2 Å². The number of hydrazine groups is 1. The van der Waals surface area contributed by atoms with E-state index in [2.05, 4.69) is 15.6 Å². The molecule has 0 saturated carbocycles. The van der Waals surface area contributed by atoms with E-state index in [1.54, 1.807) is 24.1 Å². The quantitative estimate of drug-likeness (QED) is 0.505. The highest BCUT2D eigenvalue weighted by atomic mass is 32.1. The molecular weight excluding hydrogens is 326 g/mol. The summed E-state index contributed by atoms with van der Waals surface area (Å²) in [4.78, 5) is 25.7. The average Bonchev–Trinajstić information content (AvgIpc) is 2.65. The highest BCUT2D eigenvalue weighted by Crippen LogP contribution is 2.11. The molecule has 7 heteroatoms. The molecule has 1 amide bonds. The van der Waals surface area contributed by atoms with E-state index >= 15 is 0 Å². The fourth-order valence-electron chi connectivity index (χ4n) is 2.00. The Morgan fingerprint density at radius 2 is 1.54 bits per heavy atom. The lowest BCUT2D eigenvalue weighted by molar-refractivity contribution is 0.0596. The van der Waals surface area contributed by atoms with Gasteiger partial charge in [-0.3, -0.25) is 15.6 Å². The normalized spacial score (nSPS) is 9.75. The van der Waals surface area contributed by atoms with E-state index < -0.39 is 11.9 Å². The van der Waals surface area contributed by atoms with Gasteiger partial charge in [0.1, 0.15) is 0 Å². The molecule has 0 unspecified atom stereocenters. The molecule has 0 atom stereocenters. The van der Waals surface area contributed by atoms with Gasteiger partial charge in [0.2, 0.25) is 0 Å². The van der Waals surface area contributed by atoms with Crippen molar-refractivity contribution in [2.75, 3.05) is 19.1 Å². The number of hydrogen-bond acceptors (Lipinski definition) is 4. The van der Waals surface area contributed by atoms with Gasteiger partial charge < -0.3 is 9.64 Å². The van der Waals surface area contributed by atoms with Crippen LogP contribution in [0.15, 0.2) is 54.6 Å². The van der Waals surface area contributed by atoms with E-state index in [0.29, 0.717) is 5.11 Å². The van der Waals surface area contributed by atoms with E-state index in [0.717, 1.165) is 5.69 Å². The molecule has 0 spiro atoms. The van der Waals surface area contributed by atoms with Gasteiger partial charge in [0.15, 0.2) is 5.11 Å². The Hall–Kier alpha value is -2.93. The van der Waals surface area contributed by atoms with Crippen LogP contribution in [0, 0.1) is 0 Å². The number of ether oxygens (including phenoxy) is 1. The van der Waals surface area contributed by atoms with Gasteiger partial charge in [-0.15, -0.1) is 0 Å². The van der Waals surface area contributed by atoms with Crippen LogP contribution < -0.4 is 15.8 Å². The summed E-state index contributed by atoms with van der Waals surface area (Å²) in [5, 5.41) is 0.310. The van der Waals surface area contributed by atoms with Gasteiger partial charge in [-0.1, -0.05) is 30.3 Å². The first-order valence-corrected chi connectivity index (χ1v) is 7.52. The largest absolute Gasteiger partial charge is 0.465 e. The molecule has 0 aromatic heterocycles. The highest BCUT2D eigenvalue weighted by Gasteiger charge is 2.17. The lowest BCUT2D eigenvalue weighted by Gasteiger charge is -2.21. The second-order valence-electron chi connectivity index (χ2n) is 4.82. The van der Waals surface area contributed by atoms with Gasteiger partial charge in [-0.25, -0.2) is 4.79 Å². The third-order valence-corrected chi connectivity index (χ3v) is 3.68. The summed E-state index contributed by atoms with van der Waals surface area (Å²) in [5.41, 5.74) is 6.41. The van der Waals surface area contributed by atoms with Crippen LogP contribution in [0.4, 0.5) is 5.69 Å². The summed E-state index contributed by atoms with van der Waals surface area (Å²) < 4.78 is 4.68. The molecule has 0 aliphatic heterocycles. The van der Waals surface area contributed by atoms with Crippen LogP contribution in [-0.4, -0.2) is 31.1 Å². The van der Waals surface area contributed by atoms with Crippen molar-refractivity contribution in [1.29, 1.82) is 0 Å². The summed E-state index contributed by atoms with van der Waals surface area (Å²) in [6.45, 7) is 0. The van der Waals surface area contributed by atoms with Crippen LogP contribution in [0.25, 0.3) is 0 Å². The van der Waals surface area contributed by atoms with Crippen LogP contribution in [0.5, 0.6) is 0 Å². The molecular formula is C17H17N3O3S. The number of rotatable bonds is 3. The maximum Gasteiger partial charge on any atom is 0.338 e. The van der Waals surface area contributed by atoms with Crippen LogP contribution in [0.1, 0.15) is 20.7 Å². The minimum atomic E-state index is -0.579. The van der Waals surface area contributed by atoms with E-state index in [1.165, 1.54) is 19.2 Å². The summed E-state index contributed by atoms with van der Waals surface area (Å²) in [5.74, 6) is -1.07. The van der Waals surface area contributed by atoms with Gasteiger partial charge in [-0.2, -0.15) is 0 Å². The van der Waals surface area contributed by atoms with E-state index in [1.807, 2.05) is 30.3 Å². The Bertz CT molecular complexity index is 750. The maximum atomic E-state index is 12.3. The molecule has 0 radical (unpaired) electrons. The summed E-state index contributed by atoms with van der Waals surface area (Å²) in [6, 6.07) is 15.8. The number of para-hydroxylation sites is 1. The number of methoxy groups -OCH3 is 1. The highest BCUT2D eigenvalue weighted by molar-refractivity contribution is 7.80. The Labute approximate surface area is 145 Å². The second kappa shape index (κ2) is 8.07. The molecule has 2 rings (SSSR count). The molecule has 24 heavy (non-hydrogen) atoms. The topological polar surface area (TPSA) is 70.7 Å². The minimum Gasteiger partial charge on any atom is -0.465 e. The Morgan fingerprint density at radius 3 is 2.17 bits per heavy atom. The summed E-state index contributed by atoms with van der Waals surface area (Å²) >= 11 is 5.24. The molecule has 0 bridgehead atoms. The van der Waals surface area contributed by atoms with Crippen LogP contribution >= 0.6 is 12.2 Å². The Kier molecular flexibility index (Phi) is 5.86. The smallest absolute Gasteiger partial charge is 0.338 e. The van der Waals surface area contributed by atoms with Crippen molar-refractivity contribution in [2.24, 2.45) is 0 Å². The fourth-order valence-corrected chi connectivity index (χ4v) is 2.16. The van der Waals surface area contributed by atoms with Crippen LogP contribution in [0.2, 0.25) is 0 Å². The van der Waals surface area contributed by atoms with Gasteiger partial charge in [-0.05, 0) is 36.5 Å². The molecule has 124 valence electrons. The Balaban J connectivity index is 2.03. The van der Waals surface area contributed by atoms with Crippen LogP contribution in [0.3, 0.4) is 0 Å². The fraction of sp³-hybridized carbons (Fsp3) is 0.118. The molecule has 0 saturated heterocycles. The first kappa shape index (κ1) is 17.4. The Morgan fingerprint density at radius 1 is 0.958 bits per heavy atom. The third-order valence-electron chi connectivity index (χ3n) is 3.31. The summed E-state index contributed by atoms with van der Waals surface area (Å²) in [7, 11) is 3.04. The van der Waals surface area contributed by atoms with E-state index in [4.69, 9.17) is 12.2 Å². The van der Waals surface area contributed by atoms with Crippen molar-refractivity contribution in [3.8, 4) is 0 Å². The molecule has 2 aromatic carbocycles. The zero-order chi connectivity index (χ0) is 17.5. The first-order chi connectivity index (χ1) is 11.5. The predicted octanol–water partition coefficient (Wildman–Crippen LogP) is 2.13. The van der Waals surface area contributed by atoms with Crippen molar-refractivity contribution < 1.29 is 14.3 Å². The second-order valence-corrected chi connectivity index (χ2v) is 5.20. The lowest BCUT2D eigenvalue weighted by atomic mass is 10.1. The average molecular weight is 343 g/mol. The number of thiocarbonyl (C=S) groups is 1. The van der Waals surface area contributed by atoms with Crippen molar-refractivity contribution >= 4 is 34.9 Å². The SMILES string of the molecule is COC(=O)c1ccccc1C(=O)NNC(=S)N(C)c1ccccc1. The van der Waals surface area contributed by atoms with E-state index in [9.17, 15) is 9.59 Å². The zero-order valence-corrected chi connectivity index (χ0v) is 14.1. The zero-order valence-electron chi connectivity index (χ0n) is 13.3. The molecule has 2 aromatic rings. The number of nitrogens with one attached hydrogen (secondary N) is 2. The number of esters is 1. The number of benzene rings is 2. The van der Waals surface area contributed by atoms with Crippen molar-refractivity contribution in [2.45, 2.75) is 0 Å². The monoisotopic (exact) mass is 343 g/mol. The lowest BCUT2D eigenvalue weighted by Crippen LogP contribution is -2.47. The number of hydrogen-bond donors (Lipinski definition) is 2. The molecule has 0 aliphatic carbocycles. The standard InChI is InChI=1S/C17H17N3O3S/c1-20(12-8-4-3-5-9-12)17(24)19-18-15(21)13-10-6-7-11-14(13)16(22)23-2/h3-11H,1-2H3,(H,18,21)(H,19,24). The molecule has 6 nitrogen and oxygen atoms in total. The molecule has 0 heterocycles. The number of carbonyl (C=O) groups excluding carboxylic acids is 2. The number of amides is 1. The van der Waals surface area contributed by atoms with Gasteiger partial charge >= 0.3 is 5.97 Å². The number of anilines is 1. The molecule has 0 aliphatic rings. The minimum absolute atomic E-state index is 0.182. The summed E-state index contributed by atoms with van der Waals surface area (Å²) in [6.07, 6.45) is 0. The molecule has 2 N–H and O–H groups in total. The van der Waals surface area contributed by atoms with Crippen molar-refractivity contribution in [1.82, 2.24) is 10.9 Å². The third kappa shape index (κ3) is 4.08. The van der Waals surface area contributed by atoms with Gasteiger partial charge in [0.25, 0.3) is 5.91 Å². The van der Waals surface area contributed by atoms with E-state index in [-0.39, 0.29) is 11.1 Å². The maximum absolute atomic E-state index is 12.3. The molecule has 0 fully saturated rings. The predicted molar refractivity (Wildman–Crippen MR) is 95.8 cm³/mol. The van der Waals surface area contributed by atoms with Crippen molar-refractivity contribution in [3.05, 3.63) is 65.7 Å².